The van der Waals surface area contributed by atoms with Crippen molar-refractivity contribution < 1.29 is 20.4 Å². The van der Waals surface area contributed by atoms with Gasteiger partial charge in [0.1, 0.15) is 24.7 Å². The van der Waals surface area contributed by atoms with Gasteiger partial charge in [0.2, 0.25) is 0 Å². The molecule has 0 saturated heterocycles. The van der Waals surface area contributed by atoms with Crippen LogP contribution in [-0.2, 0) is 0 Å². The highest BCUT2D eigenvalue weighted by atomic mass is 16.4. The van der Waals surface area contributed by atoms with E-state index in [2.05, 4.69) is 0 Å². The van der Waals surface area contributed by atoms with Crippen LogP contribution in [0.25, 0.3) is 0 Å². The molecule has 0 aliphatic heterocycles. The number of aliphatic hydroxyl groups is 4. The molecule has 0 aliphatic carbocycles. The number of rotatable bonds is 3. The molecule has 0 bridgehead atoms. The second-order valence-electron chi connectivity index (χ2n) is 1.96. The van der Waals surface area contributed by atoms with Crippen molar-refractivity contribution in [2.24, 2.45) is 11.5 Å². The standard InChI is InChI=1S/C4H12N2O4/c5-3(9)1(7)2(8)4(6)10/h1-4,7-10H,5-6H2. The average molecular weight is 152 g/mol. The van der Waals surface area contributed by atoms with Crippen LogP contribution in [-0.4, -0.2) is 45.1 Å². The topological polar surface area (TPSA) is 133 Å². The zero-order valence-electron chi connectivity index (χ0n) is 5.25. The summed E-state index contributed by atoms with van der Waals surface area (Å²) in [6.45, 7) is 0. The Morgan fingerprint density at radius 2 is 0.900 bits per heavy atom. The third-order valence-corrected chi connectivity index (χ3v) is 1.05. The van der Waals surface area contributed by atoms with Crippen molar-refractivity contribution in [3.8, 4) is 0 Å². The molecule has 6 nitrogen and oxygen atoms in total. The van der Waals surface area contributed by atoms with Gasteiger partial charge in [-0.2, -0.15) is 0 Å². The Kier molecular flexibility index (Phi) is 3.72. The van der Waals surface area contributed by atoms with Crippen molar-refractivity contribution >= 4 is 0 Å². The first-order valence-corrected chi connectivity index (χ1v) is 2.70. The molecule has 0 fully saturated rings. The molecule has 0 heterocycles. The fraction of sp³-hybridized carbons (Fsp3) is 1.00. The minimum atomic E-state index is -1.63. The van der Waals surface area contributed by atoms with E-state index in [0.717, 1.165) is 0 Å². The van der Waals surface area contributed by atoms with Gasteiger partial charge in [-0.15, -0.1) is 0 Å². The van der Waals surface area contributed by atoms with Gasteiger partial charge in [0, 0.05) is 0 Å². The molecule has 0 radical (unpaired) electrons. The SMILES string of the molecule is NC(O)C(O)C(O)C(N)O. The van der Waals surface area contributed by atoms with Crippen molar-refractivity contribution in [3.63, 3.8) is 0 Å². The molecular weight excluding hydrogens is 140 g/mol. The lowest BCUT2D eigenvalue weighted by atomic mass is 10.1. The first kappa shape index (κ1) is 9.76. The molecule has 0 aromatic rings. The van der Waals surface area contributed by atoms with Gasteiger partial charge in [-0.05, 0) is 0 Å². The number of hydrogen-bond donors (Lipinski definition) is 6. The van der Waals surface area contributed by atoms with E-state index in [1.165, 1.54) is 0 Å². The molecule has 62 valence electrons. The van der Waals surface area contributed by atoms with Gasteiger partial charge in [0.05, 0.1) is 0 Å². The van der Waals surface area contributed by atoms with E-state index < -0.39 is 24.7 Å². The van der Waals surface area contributed by atoms with Crippen molar-refractivity contribution in [3.05, 3.63) is 0 Å². The monoisotopic (exact) mass is 152 g/mol. The summed E-state index contributed by atoms with van der Waals surface area (Å²) < 4.78 is 0. The van der Waals surface area contributed by atoms with Gasteiger partial charge in [0.15, 0.2) is 0 Å². The van der Waals surface area contributed by atoms with E-state index in [1.807, 2.05) is 0 Å². The predicted octanol–water partition coefficient (Wildman–Crippen LogP) is -3.74. The van der Waals surface area contributed by atoms with Gasteiger partial charge in [-0.25, -0.2) is 0 Å². The van der Waals surface area contributed by atoms with E-state index in [1.54, 1.807) is 0 Å². The van der Waals surface area contributed by atoms with E-state index in [9.17, 15) is 0 Å². The summed E-state index contributed by atoms with van der Waals surface area (Å²) >= 11 is 0. The largest absolute Gasteiger partial charge is 0.386 e. The number of hydrogen-bond acceptors (Lipinski definition) is 6. The quantitative estimate of drug-likeness (QED) is 0.230. The average Bonchev–Trinajstić information content (AvgIpc) is 1.84. The zero-order valence-corrected chi connectivity index (χ0v) is 5.25. The summed E-state index contributed by atoms with van der Waals surface area (Å²) in [6.07, 6.45) is -6.46. The first-order valence-electron chi connectivity index (χ1n) is 2.70. The van der Waals surface area contributed by atoms with Crippen LogP contribution >= 0.6 is 0 Å². The lowest BCUT2D eigenvalue weighted by Crippen LogP contribution is -2.50. The molecular formula is C4H12N2O4. The number of nitrogens with two attached hydrogens (primary N) is 2. The Bertz CT molecular complexity index is 85.3. The molecule has 8 N–H and O–H groups in total. The molecule has 4 unspecified atom stereocenters. The third kappa shape index (κ3) is 2.56. The van der Waals surface area contributed by atoms with Gasteiger partial charge in [-0.1, -0.05) is 0 Å². The van der Waals surface area contributed by atoms with Crippen LogP contribution in [0.4, 0.5) is 0 Å². The normalized spacial score (nSPS) is 23.4. The van der Waals surface area contributed by atoms with Crippen LogP contribution < -0.4 is 11.5 Å². The minimum Gasteiger partial charge on any atom is -0.386 e. The van der Waals surface area contributed by atoms with E-state index in [-0.39, 0.29) is 0 Å². The molecule has 10 heavy (non-hydrogen) atoms. The summed E-state index contributed by atoms with van der Waals surface area (Å²) in [7, 11) is 0. The van der Waals surface area contributed by atoms with Crippen LogP contribution in [0.15, 0.2) is 0 Å². The van der Waals surface area contributed by atoms with Gasteiger partial charge < -0.3 is 31.9 Å². The Morgan fingerprint density at radius 3 is 1.00 bits per heavy atom. The predicted molar refractivity (Wildman–Crippen MR) is 32.4 cm³/mol. The lowest BCUT2D eigenvalue weighted by Gasteiger charge is -2.21. The molecule has 0 aromatic carbocycles. The van der Waals surface area contributed by atoms with Crippen molar-refractivity contribution in [2.45, 2.75) is 24.7 Å². The lowest BCUT2D eigenvalue weighted by molar-refractivity contribution is -0.101. The Labute approximate surface area is 57.7 Å². The molecule has 0 saturated carbocycles. The maximum atomic E-state index is 8.70. The van der Waals surface area contributed by atoms with Crippen LogP contribution in [0, 0.1) is 0 Å². The van der Waals surface area contributed by atoms with Crippen LogP contribution in [0.3, 0.4) is 0 Å². The first-order chi connectivity index (χ1) is 4.46. The minimum absolute atomic E-state index is 1.60. The van der Waals surface area contributed by atoms with Gasteiger partial charge >= 0.3 is 0 Å². The Hall–Kier alpha value is -0.240. The zero-order chi connectivity index (χ0) is 8.31. The molecule has 0 aromatic heterocycles. The summed E-state index contributed by atoms with van der Waals surface area (Å²) in [5.41, 5.74) is 9.51. The second kappa shape index (κ2) is 3.81. The maximum absolute atomic E-state index is 8.70. The molecule has 6 heteroatoms. The summed E-state index contributed by atoms with van der Waals surface area (Å²) in [5.74, 6) is 0. The van der Waals surface area contributed by atoms with Crippen molar-refractivity contribution in [2.75, 3.05) is 0 Å². The molecule has 4 atom stereocenters. The van der Waals surface area contributed by atoms with Gasteiger partial charge in [0.25, 0.3) is 0 Å². The van der Waals surface area contributed by atoms with Crippen LogP contribution in [0.2, 0.25) is 0 Å². The fourth-order valence-electron chi connectivity index (χ4n) is 0.404. The van der Waals surface area contributed by atoms with Crippen molar-refractivity contribution in [1.82, 2.24) is 0 Å². The van der Waals surface area contributed by atoms with Crippen LogP contribution in [0.1, 0.15) is 0 Å². The second-order valence-corrected chi connectivity index (χ2v) is 1.96. The van der Waals surface area contributed by atoms with Crippen LogP contribution in [0.5, 0.6) is 0 Å². The highest BCUT2D eigenvalue weighted by Crippen LogP contribution is 1.97. The van der Waals surface area contributed by atoms with E-state index in [0.29, 0.717) is 0 Å². The molecule has 0 spiro atoms. The summed E-state index contributed by atoms with van der Waals surface area (Å²) in [5, 5.41) is 34.3. The van der Waals surface area contributed by atoms with E-state index >= 15 is 0 Å². The van der Waals surface area contributed by atoms with Gasteiger partial charge in [-0.3, -0.25) is 0 Å². The maximum Gasteiger partial charge on any atom is 0.131 e. The molecule has 0 rings (SSSR count). The molecule has 0 amide bonds. The van der Waals surface area contributed by atoms with Crippen molar-refractivity contribution in [1.29, 1.82) is 0 Å². The van der Waals surface area contributed by atoms with E-state index in [4.69, 9.17) is 31.9 Å². The Balaban J connectivity index is 3.81. The highest BCUT2D eigenvalue weighted by Gasteiger charge is 2.25. The fourth-order valence-corrected chi connectivity index (χ4v) is 0.404. The highest BCUT2D eigenvalue weighted by molar-refractivity contribution is 4.74. The summed E-state index contributed by atoms with van der Waals surface area (Å²) in [6, 6.07) is 0. The summed E-state index contributed by atoms with van der Waals surface area (Å²) in [4.78, 5) is 0. The Morgan fingerprint density at radius 1 is 0.700 bits per heavy atom. The molecule has 0 aliphatic rings. The third-order valence-electron chi connectivity index (χ3n) is 1.05. The number of aliphatic hydroxyl groups excluding tert-OH is 4. The smallest absolute Gasteiger partial charge is 0.131 e.